The van der Waals surface area contributed by atoms with Crippen molar-refractivity contribution in [2.24, 2.45) is 0 Å². The van der Waals surface area contributed by atoms with Gasteiger partial charge < -0.3 is 15.2 Å². The molecule has 34 heavy (non-hydrogen) atoms. The summed E-state index contributed by atoms with van der Waals surface area (Å²) in [7, 11) is 0. The van der Waals surface area contributed by atoms with Crippen molar-refractivity contribution in [3.05, 3.63) is 82.1 Å². The van der Waals surface area contributed by atoms with E-state index in [1.165, 1.54) is 17.8 Å². The van der Waals surface area contributed by atoms with Crippen LogP contribution in [0, 0.1) is 0 Å². The lowest BCUT2D eigenvalue weighted by Gasteiger charge is -2.10. The van der Waals surface area contributed by atoms with E-state index in [-0.39, 0.29) is 29.1 Å². The number of aromatic nitrogens is 3. The van der Waals surface area contributed by atoms with Gasteiger partial charge in [-0.3, -0.25) is 9.59 Å². The molecule has 4 aromatic rings. The molecule has 0 unspecified atom stereocenters. The SMILES string of the molecule is CCn1c(CNC(=O)c2ccc(Cl)cc2Cl)nnc1SCC(=O)Nc1ccc2ccccc2c1. The summed E-state index contributed by atoms with van der Waals surface area (Å²) >= 11 is 13.3. The molecule has 1 heterocycles. The number of nitrogens with zero attached hydrogens (tertiary/aromatic N) is 3. The van der Waals surface area contributed by atoms with E-state index < -0.39 is 0 Å². The minimum atomic E-state index is -0.337. The number of hydrogen-bond acceptors (Lipinski definition) is 5. The standard InChI is InChI=1S/C24H21Cl2N5O2S/c1-2-31-21(13-27-23(33)19-10-8-17(25)12-20(19)26)29-30-24(31)34-14-22(32)28-18-9-7-15-5-3-4-6-16(15)11-18/h3-12H,2,13-14H2,1H3,(H,27,33)(H,28,32). The number of hydrogen-bond donors (Lipinski definition) is 2. The number of rotatable bonds is 8. The van der Waals surface area contributed by atoms with Crippen LogP contribution in [0.4, 0.5) is 5.69 Å². The number of nitrogens with one attached hydrogen (secondary N) is 2. The third-order valence-corrected chi connectivity index (χ3v) is 6.57. The first-order valence-electron chi connectivity index (χ1n) is 10.5. The Morgan fingerprint density at radius 1 is 1.00 bits per heavy atom. The summed E-state index contributed by atoms with van der Waals surface area (Å²) in [6.45, 7) is 2.71. The summed E-state index contributed by atoms with van der Waals surface area (Å²) in [6, 6.07) is 18.5. The van der Waals surface area contributed by atoms with Crippen LogP contribution in [0.3, 0.4) is 0 Å². The molecule has 10 heteroatoms. The maximum atomic E-state index is 12.5. The summed E-state index contributed by atoms with van der Waals surface area (Å²) in [5.74, 6) is 0.283. The smallest absolute Gasteiger partial charge is 0.253 e. The Morgan fingerprint density at radius 3 is 2.56 bits per heavy atom. The fraction of sp³-hybridized carbons (Fsp3) is 0.167. The van der Waals surface area contributed by atoms with Gasteiger partial charge >= 0.3 is 0 Å². The van der Waals surface area contributed by atoms with Gasteiger partial charge in [-0.1, -0.05) is 65.3 Å². The first kappa shape index (κ1) is 24.1. The highest BCUT2D eigenvalue weighted by molar-refractivity contribution is 7.99. The number of anilines is 1. The van der Waals surface area contributed by atoms with Gasteiger partial charge in [0.1, 0.15) is 0 Å². The molecule has 0 aliphatic rings. The zero-order valence-electron chi connectivity index (χ0n) is 18.2. The van der Waals surface area contributed by atoms with Gasteiger partial charge in [0.25, 0.3) is 5.91 Å². The predicted octanol–water partition coefficient (Wildman–Crippen LogP) is 5.42. The molecular weight excluding hydrogens is 493 g/mol. The average Bonchev–Trinajstić information content (AvgIpc) is 3.23. The molecule has 0 fully saturated rings. The zero-order valence-corrected chi connectivity index (χ0v) is 20.5. The Hall–Kier alpha value is -3.07. The van der Waals surface area contributed by atoms with Crippen molar-refractivity contribution in [1.29, 1.82) is 0 Å². The van der Waals surface area contributed by atoms with Gasteiger partial charge in [-0.25, -0.2) is 0 Å². The van der Waals surface area contributed by atoms with Gasteiger partial charge in [-0.15, -0.1) is 10.2 Å². The Kier molecular flexibility index (Phi) is 7.72. The van der Waals surface area contributed by atoms with Gasteiger partial charge in [0.2, 0.25) is 5.91 Å². The molecule has 0 aliphatic heterocycles. The molecule has 0 saturated carbocycles. The molecule has 0 saturated heterocycles. The van der Waals surface area contributed by atoms with E-state index in [0.717, 1.165) is 16.5 Å². The van der Waals surface area contributed by atoms with E-state index in [1.54, 1.807) is 12.1 Å². The molecule has 0 radical (unpaired) electrons. The van der Waals surface area contributed by atoms with E-state index in [1.807, 2.05) is 54.0 Å². The lowest BCUT2D eigenvalue weighted by atomic mass is 10.1. The van der Waals surface area contributed by atoms with Crippen LogP contribution in [0.1, 0.15) is 23.1 Å². The van der Waals surface area contributed by atoms with Crippen molar-refractivity contribution >= 4 is 63.2 Å². The largest absolute Gasteiger partial charge is 0.345 e. The zero-order chi connectivity index (χ0) is 24.1. The number of thioether (sulfide) groups is 1. The maximum absolute atomic E-state index is 12.5. The van der Waals surface area contributed by atoms with Crippen LogP contribution >= 0.6 is 35.0 Å². The van der Waals surface area contributed by atoms with Crippen LogP contribution in [-0.2, 0) is 17.9 Å². The lowest BCUT2D eigenvalue weighted by molar-refractivity contribution is -0.113. The summed E-state index contributed by atoms with van der Waals surface area (Å²) in [5, 5.41) is 17.6. The van der Waals surface area contributed by atoms with Crippen LogP contribution < -0.4 is 10.6 Å². The fourth-order valence-electron chi connectivity index (χ4n) is 3.40. The molecule has 2 amide bonds. The maximum Gasteiger partial charge on any atom is 0.253 e. The highest BCUT2D eigenvalue weighted by Gasteiger charge is 2.16. The molecule has 2 N–H and O–H groups in total. The Morgan fingerprint density at radius 2 is 1.79 bits per heavy atom. The summed E-state index contributed by atoms with van der Waals surface area (Å²) in [6.07, 6.45) is 0. The second-order valence-corrected chi connectivity index (χ2v) is 9.13. The average molecular weight is 514 g/mol. The fourth-order valence-corrected chi connectivity index (χ4v) is 4.71. The van der Waals surface area contributed by atoms with Crippen LogP contribution in [-0.4, -0.2) is 32.3 Å². The van der Waals surface area contributed by atoms with Gasteiger partial charge in [0.05, 0.1) is 22.9 Å². The number of fused-ring (bicyclic) bond motifs is 1. The molecule has 0 atom stereocenters. The molecular formula is C24H21Cl2N5O2S. The highest BCUT2D eigenvalue weighted by Crippen LogP contribution is 2.22. The van der Waals surface area contributed by atoms with Crippen LogP contribution in [0.25, 0.3) is 10.8 Å². The summed E-state index contributed by atoms with van der Waals surface area (Å²) < 4.78 is 1.86. The van der Waals surface area contributed by atoms with E-state index in [0.29, 0.717) is 28.1 Å². The highest BCUT2D eigenvalue weighted by atomic mass is 35.5. The van der Waals surface area contributed by atoms with Crippen molar-refractivity contribution in [1.82, 2.24) is 20.1 Å². The first-order valence-corrected chi connectivity index (χ1v) is 12.3. The quantitative estimate of drug-likeness (QED) is 0.307. The first-order chi connectivity index (χ1) is 16.4. The third-order valence-electron chi connectivity index (χ3n) is 5.06. The van der Waals surface area contributed by atoms with Gasteiger partial charge in [0, 0.05) is 17.3 Å². The van der Waals surface area contributed by atoms with Crippen LogP contribution in [0.2, 0.25) is 10.0 Å². The minimum absolute atomic E-state index is 0.141. The second kappa shape index (κ2) is 10.9. The molecule has 1 aromatic heterocycles. The number of amides is 2. The Bertz CT molecular complexity index is 1360. The minimum Gasteiger partial charge on any atom is -0.345 e. The Balaban J connectivity index is 1.35. The van der Waals surface area contributed by atoms with Crippen molar-refractivity contribution in [3.63, 3.8) is 0 Å². The third kappa shape index (κ3) is 5.70. The lowest BCUT2D eigenvalue weighted by Crippen LogP contribution is -2.25. The van der Waals surface area contributed by atoms with Crippen LogP contribution in [0.15, 0.2) is 65.8 Å². The van der Waals surface area contributed by atoms with Crippen LogP contribution in [0.5, 0.6) is 0 Å². The number of halogens is 2. The number of benzene rings is 3. The van der Waals surface area contributed by atoms with Gasteiger partial charge in [-0.05, 0) is 48.0 Å². The molecule has 174 valence electrons. The summed E-state index contributed by atoms with van der Waals surface area (Å²) in [4.78, 5) is 25.0. The topological polar surface area (TPSA) is 88.9 Å². The predicted molar refractivity (Wildman–Crippen MR) is 137 cm³/mol. The molecule has 0 bridgehead atoms. The molecule has 0 aliphatic carbocycles. The van der Waals surface area contributed by atoms with Crippen molar-refractivity contribution in [2.75, 3.05) is 11.1 Å². The molecule has 0 spiro atoms. The van der Waals surface area contributed by atoms with Crippen molar-refractivity contribution in [2.45, 2.75) is 25.2 Å². The molecule has 4 rings (SSSR count). The number of carbonyl (C=O) groups is 2. The normalized spacial score (nSPS) is 10.9. The number of carbonyl (C=O) groups excluding carboxylic acids is 2. The van der Waals surface area contributed by atoms with E-state index >= 15 is 0 Å². The van der Waals surface area contributed by atoms with Crippen molar-refractivity contribution in [3.8, 4) is 0 Å². The van der Waals surface area contributed by atoms with E-state index in [2.05, 4.69) is 20.8 Å². The van der Waals surface area contributed by atoms with Gasteiger partial charge in [0.15, 0.2) is 11.0 Å². The second-order valence-electron chi connectivity index (χ2n) is 7.35. The van der Waals surface area contributed by atoms with Gasteiger partial charge in [-0.2, -0.15) is 0 Å². The van der Waals surface area contributed by atoms with Crippen molar-refractivity contribution < 1.29 is 9.59 Å². The molecule has 3 aromatic carbocycles. The monoisotopic (exact) mass is 513 g/mol. The van der Waals surface area contributed by atoms with E-state index in [9.17, 15) is 9.59 Å². The summed E-state index contributed by atoms with van der Waals surface area (Å²) in [5.41, 5.74) is 1.07. The van der Waals surface area contributed by atoms with E-state index in [4.69, 9.17) is 23.2 Å². The molecule has 7 nitrogen and oxygen atoms in total. The Labute approximate surface area is 210 Å².